The average molecular weight is 466 g/mol. The molecule has 0 unspecified atom stereocenters. The minimum atomic E-state index is 0.477. The van der Waals surface area contributed by atoms with Crippen molar-refractivity contribution in [3.8, 4) is 0 Å². The molecule has 0 aliphatic carbocycles. The van der Waals surface area contributed by atoms with Gasteiger partial charge in [-0.1, -0.05) is 0 Å². The third-order valence-electron chi connectivity index (χ3n) is 4.64. The van der Waals surface area contributed by atoms with E-state index in [-0.39, 0.29) is 0 Å². The predicted octanol–water partition coefficient (Wildman–Crippen LogP) is 4.92. The molecule has 0 aliphatic rings. The molecule has 26 heavy (non-hydrogen) atoms. The monoisotopic (exact) mass is 468 g/mol. The van der Waals surface area contributed by atoms with Crippen LogP contribution in [0.25, 0.3) is 33.7 Å². The van der Waals surface area contributed by atoms with Crippen molar-refractivity contribution >= 4 is 72.5 Å². The van der Waals surface area contributed by atoms with Gasteiger partial charge in [-0.25, -0.2) is 0 Å². The fourth-order valence-electron chi connectivity index (χ4n) is 3.27. The molecule has 0 N–H and O–H groups in total. The van der Waals surface area contributed by atoms with Gasteiger partial charge in [-0.15, -0.1) is 0 Å². The van der Waals surface area contributed by atoms with Gasteiger partial charge in [0.25, 0.3) is 0 Å². The van der Waals surface area contributed by atoms with Crippen molar-refractivity contribution in [2.75, 3.05) is 0 Å². The molecule has 0 aromatic heterocycles. The van der Waals surface area contributed by atoms with Gasteiger partial charge in [-0.3, -0.25) is 0 Å². The molecule has 0 atom stereocenters. The summed E-state index contributed by atoms with van der Waals surface area (Å²) < 4.78 is 2.94. The van der Waals surface area contributed by atoms with E-state index in [2.05, 4.69) is 96.6 Å². The Bertz CT molecular complexity index is 1020. The SMILES string of the molecule is C[Se]c1cc2ccccc2cc1/C=C/c1cc2ccccc2cc1[Se]C. The van der Waals surface area contributed by atoms with Crippen LogP contribution in [0.3, 0.4) is 0 Å². The van der Waals surface area contributed by atoms with E-state index < -0.39 is 0 Å². The zero-order chi connectivity index (χ0) is 17.9. The number of hydrogen-bond acceptors (Lipinski definition) is 0. The second kappa shape index (κ2) is 7.82. The molecule has 0 fully saturated rings. The standard InChI is InChI=1S/C24H20Se2/c1-25-23-15-19-9-5-3-7-17(19)13-21(23)11-12-22-14-18-8-4-6-10-20(18)16-24(22)26-2/h3-16H,1-2H3/b12-11+. The van der Waals surface area contributed by atoms with E-state index in [1.807, 2.05) is 0 Å². The molecular weight excluding hydrogens is 446 g/mol. The number of fused-ring (bicyclic) bond motifs is 2. The van der Waals surface area contributed by atoms with Gasteiger partial charge in [-0.2, -0.15) is 0 Å². The maximum atomic E-state index is 2.36. The first-order valence-corrected chi connectivity index (χ1v) is 13.7. The first-order valence-electron chi connectivity index (χ1n) is 8.60. The van der Waals surface area contributed by atoms with E-state index in [0.29, 0.717) is 29.9 Å². The molecule has 0 spiro atoms. The molecule has 0 saturated carbocycles. The molecular formula is C24H20Se2. The Kier molecular flexibility index (Phi) is 5.29. The second-order valence-electron chi connectivity index (χ2n) is 6.22. The summed E-state index contributed by atoms with van der Waals surface area (Å²) >= 11 is 0.954. The van der Waals surface area contributed by atoms with Crippen LogP contribution in [0.2, 0.25) is 11.6 Å². The predicted molar refractivity (Wildman–Crippen MR) is 119 cm³/mol. The van der Waals surface area contributed by atoms with Gasteiger partial charge < -0.3 is 0 Å². The molecule has 0 nitrogen and oxygen atoms in total. The van der Waals surface area contributed by atoms with E-state index in [1.165, 1.54) is 41.6 Å². The molecule has 2 heteroatoms. The average Bonchev–Trinajstić information content (AvgIpc) is 2.70. The molecule has 0 heterocycles. The van der Waals surface area contributed by atoms with Crippen molar-refractivity contribution in [2.45, 2.75) is 11.6 Å². The Hall–Kier alpha value is -1.82. The van der Waals surface area contributed by atoms with Gasteiger partial charge in [0.2, 0.25) is 0 Å². The zero-order valence-electron chi connectivity index (χ0n) is 14.9. The third kappa shape index (κ3) is 3.52. The molecule has 0 saturated heterocycles. The van der Waals surface area contributed by atoms with Gasteiger partial charge in [0.15, 0.2) is 0 Å². The molecule has 0 aliphatic heterocycles. The van der Waals surface area contributed by atoms with Crippen LogP contribution in [0.5, 0.6) is 0 Å². The summed E-state index contributed by atoms with van der Waals surface area (Å²) in [4.78, 5) is 0. The molecule has 4 aromatic rings. The first kappa shape index (κ1) is 17.6. The molecule has 4 rings (SSSR count). The quantitative estimate of drug-likeness (QED) is 0.296. The number of benzene rings is 4. The number of rotatable bonds is 4. The van der Waals surface area contributed by atoms with Crippen LogP contribution in [0, 0.1) is 0 Å². The Morgan fingerprint density at radius 1 is 0.538 bits per heavy atom. The fraction of sp³-hybridized carbons (Fsp3) is 0.0833. The Labute approximate surface area is 167 Å². The van der Waals surface area contributed by atoms with Gasteiger partial charge in [0.1, 0.15) is 0 Å². The van der Waals surface area contributed by atoms with Crippen molar-refractivity contribution in [3.05, 3.63) is 83.9 Å². The minimum absolute atomic E-state index is 0.477. The van der Waals surface area contributed by atoms with Crippen molar-refractivity contribution in [2.24, 2.45) is 0 Å². The summed E-state index contributed by atoms with van der Waals surface area (Å²) in [6.07, 6.45) is 4.62. The van der Waals surface area contributed by atoms with Crippen molar-refractivity contribution in [1.82, 2.24) is 0 Å². The van der Waals surface area contributed by atoms with E-state index >= 15 is 0 Å². The summed E-state index contributed by atoms with van der Waals surface area (Å²) in [6.45, 7) is 0. The molecule has 128 valence electrons. The van der Waals surface area contributed by atoms with Crippen LogP contribution < -0.4 is 8.92 Å². The van der Waals surface area contributed by atoms with Crippen molar-refractivity contribution < 1.29 is 0 Å². The van der Waals surface area contributed by atoms with Crippen LogP contribution in [-0.2, 0) is 0 Å². The van der Waals surface area contributed by atoms with E-state index in [4.69, 9.17) is 0 Å². The van der Waals surface area contributed by atoms with Gasteiger partial charge in [0.05, 0.1) is 0 Å². The molecule has 0 bridgehead atoms. The summed E-state index contributed by atoms with van der Waals surface area (Å²) in [7, 11) is 0. The summed E-state index contributed by atoms with van der Waals surface area (Å²) in [5.74, 6) is 4.59. The molecule has 4 aromatic carbocycles. The Morgan fingerprint density at radius 2 is 0.885 bits per heavy atom. The zero-order valence-corrected chi connectivity index (χ0v) is 18.3. The normalized spacial score (nSPS) is 11.6. The van der Waals surface area contributed by atoms with Crippen molar-refractivity contribution in [1.29, 1.82) is 0 Å². The van der Waals surface area contributed by atoms with Crippen LogP contribution in [0.4, 0.5) is 0 Å². The van der Waals surface area contributed by atoms with Crippen molar-refractivity contribution in [3.63, 3.8) is 0 Å². The first-order chi connectivity index (χ1) is 12.8. The van der Waals surface area contributed by atoms with E-state index in [9.17, 15) is 0 Å². The summed E-state index contributed by atoms with van der Waals surface area (Å²) in [6, 6.07) is 26.7. The van der Waals surface area contributed by atoms with Crippen LogP contribution in [0.1, 0.15) is 11.1 Å². The second-order valence-corrected chi connectivity index (χ2v) is 9.77. The van der Waals surface area contributed by atoms with Gasteiger partial charge in [0, 0.05) is 0 Å². The summed E-state index contributed by atoms with van der Waals surface area (Å²) in [5, 5.41) is 5.32. The fourth-order valence-corrected chi connectivity index (χ4v) is 5.82. The van der Waals surface area contributed by atoms with Crippen LogP contribution in [-0.4, -0.2) is 29.9 Å². The van der Waals surface area contributed by atoms with Crippen LogP contribution >= 0.6 is 0 Å². The Balaban J connectivity index is 1.80. The topological polar surface area (TPSA) is 0 Å². The van der Waals surface area contributed by atoms with Gasteiger partial charge >= 0.3 is 168 Å². The number of hydrogen-bond donors (Lipinski definition) is 0. The third-order valence-corrected chi connectivity index (χ3v) is 7.97. The van der Waals surface area contributed by atoms with Gasteiger partial charge in [-0.05, 0) is 0 Å². The molecule has 0 radical (unpaired) electrons. The maximum absolute atomic E-state index is 2.36. The molecule has 0 amide bonds. The van der Waals surface area contributed by atoms with E-state index in [1.54, 1.807) is 0 Å². The van der Waals surface area contributed by atoms with Crippen LogP contribution in [0.15, 0.2) is 72.8 Å². The Morgan fingerprint density at radius 3 is 1.23 bits per heavy atom. The summed E-state index contributed by atoms with van der Waals surface area (Å²) in [5.41, 5.74) is 2.71. The van der Waals surface area contributed by atoms with E-state index in [0.717, 1.165) is 0 Å².